The maximum Gasteiger partial charge on any atom is 0.394 e. The molecule has 0 aliphatic carbocycles. The van der Waals surface area contributed by atoms with Gasteiger partial charge in [-0.15, -0.1) is 0 Å². The molecule has 7 heteroatoms. The van der Waals surface area contributed by atoms with Crippen LogP contribution in [0.3, 0.4) is 0 Å². The molecule has 0 saturated carbocycles. The Morgan fingerprint density at radius 2 is 1.74 bits per heavy atom. The predicted octanol–water partition coefficient (Wildman–Crippen LogP) is -0.0430. The van der Waals surface area contributed by atoms with E-state index in [0.29, 0.717) is 13.1 Å². The van der Waals surface area contributed by atoms with Crippen LogP contribution >= 0.6 is 0 Å². The molecule has 0 spiro atoms. The summed E-state index contributed by atoms with van der Waals surface area (Å²) in [4.78, 5) is 36.7. The van der Waals surface area contributed by atoms with Gasteiger partial charge in [0, 0.05) is 31.7 Å². The zero-order valence-corrected chi connectivity index (χ0v) is 10.5. The molecule has 19 heavy (non-hydrogen) atoms. The zero-order chi connectivity index (χ0) is 14.0. The highest BCUT2D eigenvalue weighted by atomic mass is 16.4. The van der Waals surface area contributed by atoms with Crippen molar-refractivity contribution < 1.29 is 23.9 Å². The van der Waals surface area contributed by atoms with E-state index in [-0.39, 0.29) is 24.8 Å². The fourth-order valence-corrected chi connectivity index (χ4v) is 1.98. The molecule has 2 heterocycles. The summed E-state index contributed by atoms with van der Waals surface area (Å²) in [7, 11) is 0. The molecule has 1 aromatic rings. The van der Waals surface area contributed by atoms with Crippen molar-refractivity contribution in [3.63, 3.8) is 0 Å². The fraction of sp³-hybridized carbons (Fsp3) is 0.417. The van der Waals surface area contributed by atoms with Gasteiger partial charge in [0.2, 0.25) is 0 Å². The SMILES string of the molecule is Cc1ccoc1C(=O)N1CCN(C(=O)C(=O)O)CC1. The molecular formula is C12H14N2O5. The van der Waals surface area contributed by atoms with Gasteiger partial charge < -0.3 is 19.3 Å². The molecule has 1 aliphatic heterocycles. The summed E-state index contributed by atoms with van der Waals surface area (Å²) in [6, 6.07) is 1.71. The lowest BCUT2D eigenvalue weighted by Crippen LogP contribution is -2.52. The van der Waals surface area contributed by atoms with Gasteiger partial charge in [0.25, 0.3) is 5.91 Å². The van der Waals surface area contributed by atoms with Crippen LogP contribution in [0.15, 0.2) is 16.7 Å². The molecule has 1 saturated heterocycles. The zero-order valence-electron chi connectivity index (χ0n) is 10.5. The molecule has 0 aromatic carbocycles. The minimum absolute atomic E-state index is 0.219. The lowest BCUT2D eigenvalue weighted by Gasteiger charge is -2.33. The molecule has 102 valence electrons. The van der Waals surface area contributed by atoms with Crippen LogP contribution in [0.1, 0.15) is 16.1 Å². The molecule has 7 nitrogen and oxygen atoms in total. The number of carbonyl (C=O) groups is 3. The average Bonchev–Trinajstić information content (AvgIpc) is 2.83. The molecule has 1 fully saturated rings. The second kappa shape index (κ2) is 5.13. The number of furan rings is 1. The van der Waals surface area contributed by atoms with Gasteiger partial charge in [-0.1, -0.05) is 0 Å². The first-order valence-electron chi connectivity index (χ1n) is 5.86. The standard InChI is InChI=1S/C12H14N2O5/c1-8-2-7-19-9(8)10(15)13-3-5-14(6-4-13)11(16)12(17)18/h2,7H,3-6H2,1H3,(H,17,18). The van der Waals surface area contributed by atoms with E-state index >= 15 is 0 Å². The van der Waals surface area contributed by atoms with Gasteiger partial charge in [-0.25, -0.2) is 4.79 Å². The molecule has 0 radical (unpaired) electrons. The maximum absolute atomic E-state index is 12.1. The summed E-state index contributed by atoms with van der Waals surface area (Å²) in [6.45, 7) is 2.82. The van der Waals surface area contributed by atoms with E-state index in [0.717, 1.165) is 5.56 Å². The van der Waals surface area contributed by atoms with Crippen LogP contribution in [-0.4, -0.2) is 58.9 Å². The van der Waals surface area contributed by atoms with Crippen molar-refractivity contribution in [2.45, 2.75) is 6.92 Å². The number of rotatable bonds is 1. The summed E-state index contributed by atoms with van der Waals surface area (Å²) in [5.41, 5.74) is 0.758. The molecule has 0 unspecified atom stereocenters. The molecule has 0 atom stereocenters. The summed E-state index contributed by atoms with van der Waals surface area (Å²) in [5, 5.41) is 8.61. The summed E-state index contributed by atoms with van der Waals surface area (Å²) in [5.74, 6) is -2.34. The second-order valence-electron chi connectivity index (χ2n) is 4.32. The third-order valence-corrected chi connectivity index (χ3v) is 3.09. The van der Waals surface area contributed by atoms with E-state index < -0.39 is 11.9 Å². The Hall–Kier alpha value is -2.31. The first kappa shape index (κ1) is 13.1. The van der Waals surface area contributed by atoms with E-state index in [4.69, 9.17) is 9.52 Å². The second-order valence-corrected chi connectivity index (χ2v) is 4.32. The van der Waals surface area contributed by atoms with E-state index in [1.165, 1.54) is 11.2 Å². The van der Waals surface area contributed by atoms with Gasteiger partial charge in [0.1, 0.15) is 0 Å². The average molecular weight is 266 g/mol. The lowest BCUT2D eigenvalue weighted by molar-refractivity contribution is -0.156. The quantitative estimate of drug-likeness (QED) is 0.720. The molecule has 1 N–H and O–H groups in total. The Morgan fingerprint density at radius 3 is 2.21 bits per heavy atom. The number of carboxylic acid groups (broad SMARTS) is 1. The minimum atomic E-state index is -1.47. The Kier molecular flexibility index (Phi) is 3.55. The molecule has 0 bridgehead atoms. The van der Waals surface area contributed by atoms with E-state index in [9.17, 15) is 14.4 Å². The first-order valence-corrected chi connectivity index (χ1v) is 5.86. The predicted molar refractivity (Wildman–Crippen MR) is 63.6 cm³/mol. The van der Waals surface area contributed by atoms with E-state index in [2.05, 4.69) is 0 Å². The number of amides is 2. The van der Waals surface area contributed by atoms with Crippen LogP contribution in [0, 0.1) is 6.92 Å². The number of aryl methyl sites for hydroxylation is 1. The van der Waals surface area contributed by atoms with Crippen LogP contribution in [-0.2, 0) is 9.59 Å². The minimum Gasteiger partial charge on any atom is -0.474 e. The number of nitrogens with zero attached hydrogens (tertiary/aromatic N) is 2. The maximum atomic E-state index is 12.1. The van der Waals surface area contributed by atoms with Crippen LogP contribution < -0.4 is 0 Å². The van der Waals surface area contributed by atoms with Crippen molar-refractivity contribution in [3.05, 3.63) is 23.7 Å². The number of carboxylic acids is 1. The highest BCUT2D eigenvalue weighted by Gasteiger charge is 2.29. The summed E-state index contributed by atoms with van der Waals surface area (Å²) < 4.78 is 5.13. The van der Waals surface area contributed by atoms with Crippen molar-refractivity contribution >= 4 is 17.8 Å². The third-order valence-electron chi connectivity index (χ3n) is 3.09. The van der Waals surface area contributed by atoms with E-state index in [1.54, 1.807) is 17.9 Å². The number of hydrogen-bond donors (Lipinski definition) is 1. The van der Waals surface area contributed by atoms with Crippen molar-refractivity contribution in [2.75, 3.05) is 26.2 Å². The Balaban J connectivity index is 1.97. The van der Waals surface area contributed by atoms with Gasteiger partial charge in [-0.2, -0.15) is 0 Å². The van der Waals surface area contributed by atoms with Gasteiger partial charge in [-0.05, 0) is 13.0 Å². The Bertz CT molecular complexity index is 514. The summed E-state index contributed by atoms with van der Waals surface area (Å²) >= 11 is 0. The number of carbonyl (C=O) groups excluding carboxylic acids is 2. The van der Waals surface area contributed by atoms with Gasteiger partial charge >= 0.3 is 11.9 Å². The fourth-order valence-electron chi connectivity index (χ4n) is 1.98. The molecular weight excluding hydrogens is 252 g/mol. The topological polar surface area (TPSA) is 91.1 Å². The van der Waals surface area contributed by atoms with Crippen molar-refractivity contribution in [3.8, 4) is 0 Å². The largest absolute Gasteiger partial charge is 0.474 e. The lowest BCUT2D eigenvalue weighted by atomic mass is 10.2. The number of piperazine rings is 1. The molecule has 2 amide bonds. The smallest absolute Gasteiger partial charge is 0.394 e. The van der Waals surface area contributed by atoms with Crippen LogP contribution in [0.25, 0.3) is 0 Å². The molecule has 1 aromatic heterocycles. The van der Waals surface area contributed by atoms with Crippen molar-refractivity contribution in [1.82, 2.24) is 9.80 Å². The molecule has 1 aliphatic rings. The highest BCUT2D eigenvalue weighted by molar-refractivity contribution is 6.31. The van der Waals surface area contributed by atoms with Crippen LogP contribution in [0.5, 0.6) is 0 Å². The van der Waals surface area contributed by atoms with Crippen molar-refractivity contribution in [1.29, 1.82) is 0 Å². The van der Waals surface area contributed by atoms with Gasteiger partial charge in [0.15, 0.2) is 5.76 Å². The van der Waals surface area contributed by atoms with Crippen molar-refractivity contribution in [2.24, 2.45) is 0 Å². The third kappa shape index (κ3) is 2.59. The highest BCUT2D eigenvalue weighted by Crippen LogP contribution is 2.13. The van der Waals surface area contributed by atoms with Gasteiger partial charge in [0.05, 0.1) is 6.26 Å². The normalized spacial score (nSPS) is 15.4. The van der Waals surface area contributed by atoms with Crippen LogP contribution in [0.2, 0.25) is 0 Å². The van der Waals surface area contributed by atoms with Gasteiger partial charge in [-0.3, -0.25) is 9.59 Å². The Labute approximate surface area is 109 Å². The Morgan fingerprint density at radius 1 is 1.16 bits per heavy atom. The van der Waals surface area contributed by atoms with Crippen LogP contribution in [0.4, 0.5) is 0 Å². The molecule has 2 rings (SSSR count). The number of aliphatic carboxylic acids is 1. The summed E-state index contributed by atoms with van der Waals surface area (Å²) in [6.07, 6.45) is 1.45. The number of hydrogen-bond acceptors (Lipinski definition) is 4. The monoisotopic (exact) mass is 266 g/mol. The van der Waals surface area contributed by atoms with E-state index in [1.807, 2.05) is 0 Å². The first-order chi connectivity index (χ1) is 9.00.